The lowest BCUT2D eigenvalue weighted by molar-refractivity contribution is 0.749. The molecule has 0 saturated heterocycles. The van der Waals surface area contributed by atoms with E-state index in [0.717, 1.165) is 30.0 Å². The van der Waals surface area contributed by atoms with Crippen LogP contribution < -0.4 is 0 Å². The fraction of sp³-hybridized carbons (Fsp3) is 0.231. The van der Waals surface area contributed by atoms with Gasteiger partial charge in [-0.1, -0.05) is 11.6 Å². The van der Waals surface area contributed by atoms with E-state index in [1.807, 2.05) is 6.07 Å². The van der Waals surface area contributed by atoms with Crippen LogP contribution in [0.15, 0.2) is 29.1 Å². The van der Waals surface area contributed by atoms with Crippen molar-refractivity contribution in [3.8, 4) is 0 Å². The van der Waals surface area contributed by atoms with Crippen molar-refractivity contribution >= 4 is 45.7 Å². The number of halogens is 2. The van der Waals surface area contributed by atoms with Crippen molar-refractivity contribution in [3.05, 3.63) is 45.5 Å². The molecule has 0 aliphatic rings. The van der Waals surface area contributed by atoms with Gasteiger partial charge in [-0.25, -0.2) is 9.97 Å². The van der Waals surface area contributed by atoms with E-state index < -0.39 is 0 Å². The quantitative estimate of drug-likeness (QED) is 0.682. The number of imidazole rings is 1. The molecular formula is C13H11Cl2N3S. The number of rotatable bonds is 4. The maximum Gasteiger partial charge on any atom is 0.160 e. The van der Waals surface area contributed by atoms with E-state index in [1.165, 1.54) is 5.56 Å². The van der Waals surface area contributed by atoms with Gasteiger partial charge in [0, 0.05) is 18.5 Å². The molecule has 0 bridgehead atoms. The zero-order valence-electron chi connectivity index (χ0n) is 10.0. The van der Waals surface area contributed by atoms with Crippen molar-refractivity contribution in [3.63, 3.8) is 0 Å². The van der Waals surface area contributed by atoms with Crippen LogP contribution in [0.4, 0.5) is 0 Å². The van der Waals surface area contributed by atoms with E-state index in [-0.39, 0.29) is 0 Å². The van der Waals surface area contributed by atoms with Crippen LogP contribution in [0.2, 0.25) is 5.02 Å². The lowest BCUT2D eigenvalue weighted by atomic mass is 10.3. The number of aromatic nitrogens is 3. The SMILES string of the molecule is ClCCc1nc2cc(Cl)cnc2n1Cc1ccsc1. The van der Waals surface area contributed by atoms with Crippen LogP contribution in [0.1, 0.15) is 11.4 Å². The minimum absolute atomic E-state index is 0.542. The Kier molecular flexibility index (Phi) is 3.73. The topological polar surface area (TPSA) is 30.7 Å². The van der Waals surface area contributed by atoms with Gasteiger partial charge in [-0.2, -0.15) is 11.3 Å². The monoisotopic (exact) mass is 311 g/mol. The smallest absolute Gasteiger partial charge is 0.160 e. The summed E-state index contributed by atoms with van der Waals surface area (Å²) in [5.74, 6) is 1.49. The van der Waals surface area contributed by atoms with Gasteiger partial charge >= 0.3 is 0 Å². The average Bonchev–Trinajstić information content (AvgIpc) is 2.99. The molecule has 98 valence electrons. The number of hydrogen-bond acceptors (Lipinski definition) is 3. The van der Waals surface area contributed by atoms with Gasteiger partial charge in [0.05, 0.1) is 11.6 Å². The van der Waals surface area contributed by atoms with Gasteiger partial charge in [-0.05, 0) is 28.5 Å². The predicted octanol–water partition coefficient (Wildman–Crippen LogP) is 3.98. The Balaban J connectivity index is 2.10. The summed E-state index contributed by atoms with van der Waals surface area (Å²) in [6.07, 6.45) is 2.37. The molecule has 3 heterocycles. The first-order valence-electron chi connectivity index (χ1n) is 5.85. The Morgan fingerprint density at radius 3 is 3.00 bits per heavy atom. The highest BCUT2D eigenvalue weighted by atomic mass is 35.5. The number of nitrogens with zero attached hydrogens (tertiary/aromatic N) is 3. The van der Waals surface area contributed by atoms with Crippen molar-refractivity contribution in [2.75, 3.05) is 5.88 Å². The molecule has 0 atom stereocenters. The van der Waals surface area contributed by atoms with Crippen molar-refractivity contribution in [1.82, 2.24) is 14.5 Å². The van der Waals surface area contributed by atoms with Gasteiger partial charge in [0.15, 0.2) is 5.65 Å². The standard InChI is InChI=1S/C13H11Cl2N3S/c14-3-1-12-17-11-5-10(15)6-16-13(11)18(12)7-9-2-4-19-8-9/h2,4-6,8H,1,3,7H2. The minimum atomic E-state index is 0.542. The van der Waals surface area contributed by atoms with Gasteiger partial charge in [-0.15, -0.1) is 11.6 Å². The van der Waals surface area contributed by atoms with E-state index in [9.17, 15) is 0 Å². The Hall–Kier alpha value is -1.10. The molecule has 0 spiro atoms. The van der Waals surface area contributed by atoms with Crippen LogP contribution in [0.3, 0.4) is 0 Å². The lowest BCUT2D eigenvalue weighted by Gasteiger charge is -2.06. The third-order valence-electron chi connectivity index (χ3n) is 2.87. The van der Waals surface area contributed by atoms with Crippen molar-refractivity contribution < 1.29 is 0 Å². The van der Waals surface area contributed by atoms with E-state index in [4.69, 9.17) is 23.2 Å². The molecule has 0 amide bonds. The van der Waals surface area contributed by atoms with Crippen molar-refractivity contribution in [2.24, 2.45) is 0 Å². The largest absolute Gasteiger partial charge is 0.308 e. The fourth-order valence-corrected chi connectivity index (χ4v) is 3.02. The van der Waals surface area contributed by atoms with Crippen LogP contribution in [0.5, 0.6) is 0 Å². The van der Waals surface area contributed by atoms with Crippen LogP contribution in [-0.2, 0) is 13.0 Å². The molecule has 3 aromatic heterocycles. The third-order valence-corrected chi connectivity index (χ3v) is 4.00. The summed E-state index contributed by atoms with van der Waals surface area (Å²) in [4.78, 5) is 8.97. The molecule has 3 rings (SSSR count). The molecule has 0 aliphatic heterocycles. The van der Waals surface area contributed by atoms with Gasteiger partial charge < -0.3 is 4.57 Å². The Morgan fingerprint density at radius 1 is 1.37 bits per heavy atom. The molecule has 0 fully saturated rings. The first-order valence-corrected chi connectivity index (χ1v) is 7.71. The number of alkyl halides is 1. The van der Waals surface area contributed by atoms with E-state index in [2.05, 4.69) is 31.4 Å². The second-order valence-electron chi connectivity index (χ2n) is 4.18. The highest BCUT2D eigenvalue weighted by molar-refractivity contribution is 7.07. The maximum absolute atomic E-state index is 5.96. The number of aryl methyl sites for hydroxylation is 1. The number of pyridine rings is 1. The normalized spacial score (nSPS) is 11.3. The van der Waals surface area contributed by atoms with Crippen LogP contribution >= 0.6 is 34.5 Å². The molecule has 0 radical (unpaired) electrons. The zero-order chi connectivity index (χ0) is 13.2. The Morgan fingerprint density at radius 2 is 2.26 bits per heavy atom. The van der Waals surface area contributed by atoms with Gasteiger partial charge in [-0.3, -0.25) is 0 Å². The Labute approximate surface area is 124 Å². The summed E-state index contributed by atoms with van der Waals surface area (Å²) in [6, 6.07) is 3.95. The molecule has 6 heteroatoms. The lowest BCUT2D eigenvalue weighted by Crippen LogP contribution is -2.06. The molecule has 0 aliphatic carbocycles. The molecule has 0 unspecified atom stereocenters. The van der Waals surface area contributed by atoms with E-state index in [0.29, 0.717) is 10.9 Å². The highest BCUT2D eigenvalue weighted by Crippen LogP contribution is 2.20. The summed E-state index contributed by atoms with van der Waals surface area (Å²) in [6.45, 7) is 0.765. The summed E-state index contributed by atoms with van der Waals surface area (Å²) in [5.41, 5.74) is 2.93. The molecule has 19 heavy (non-hydrogen) atoms. The fourth-order valence-electron chi connectivity index (χ4n) is 2.04. The second kappa shape index (κ2) is 5.49. The summed E-state index contributed by atoms with van der Waals surface area (Å²) >= 11 is 13.5. The Bertz CT molecular complexity index is 691. The van der Waals surface area contributed by atoms with Gasteiger partial charge in [0.25, 0.3) is 0 Å². The number of thiophene rings is 1. The molecule has 0 saturated carbocycles. The summed E-state index contributed by atoms with van der Waals surface area (Å²) in [5, 5.41) is 4.80. The van der Waals surface area contributed by atoms with Crippen LogP contribution in [-0.4, -0.2) is 20.4 Å². The van der Waals surface area contributed by atoms with Gasteiger partial charge in [0.2, 0.25) is 0 Å². The third kappa shape index (κ3) is 2.61. The number of hydrogen-bond donors (Lipinski definition) is 0. The maximum atomic E-state index is 5.96. The molecule has 3 nitrogen and oxygen atoms in total. The number of fused-ring (bicyclic) bond motifs is 1. The molecular weight excluding hydrogens is 301 g/mol. The van der Waals surface area contributed by atoms with Crippen LogP contribution in [0.25, 0.3) is 11.2 Å². The molecule has 3 aromatic rings. The molecule has 0 N–H and O–H groups in total. The van der Waals surface area contributed by atoms with E-state index in [1.54, 1.807) is 17.5 Å². The minimum Gasteiger partial charge on any atom is -0.308 e. The second-order valence-corrected chi connectivity index (χ2v) is 5.78. The zero-order valence-corrected chi connectivity index (χ0v) is 12.3. The average molecular weight is 312 g/mol. The van der Waals surface area contributed by atoms with E-state index >= 15 is 0 Å². The summed E-state index contributed by atoms with van der Waals surface area (Å²) in [7, 11) is 0. The predicted molar refractivity (Wildman–Crippen MR) is 80.4 cm³/mol. The van der Waals surface area contributed by atoms with Crippen molar-refractivity contribution in [2.45, 2.75) is 13.0 Å². The first kappa shape index (κ1) is 12.9. The first-order chi connectivity index (χ1) is 9.28. The highest BCUT2D eigenvalue weighted by Gasteiger charge is 2.12. The molecule has 0 aromatic carbocycles. The van der Waals surface area contributed by atoms with Crippen molar-refractivity contribution in [1.29, 1.82) is 0 Å². The van der Waals surface area contributed by atoms with Gasteiger partial charge in [0.1, 0.15) is 11.3 Å². The summed E-state index contributed by atoms with van der Waals surface area (Å²) < 4.78 is 2.11. The van der Waals surface area contributed by atoms with Crippen LogP contribution in [0, 0.1) is 0 Å².